The standard InChI is InChI=1S/C16H17NO2S.2ClH/c18-16(19)15-10-13-6-8-17(9-7-14(13)20-15)11-12-4-2-1-3-5-12;;/h1-5,10H,6-9,11H2,(H,18,19);2*1H. The van der Waals surface area contributed by atoms with Gasteiger partial charge in [-0.1, -0.05) is 30.3 Å². The van der Waals surface area contributed by atoms with Crippen LogP contribution in [0.1, 0.15) is 25.7 Å². The van der Waals surface area contributed by atoms with Crippen molar-refractivity contribution >= 4 is 42.1 Å². The van der Waals surface area contributed by atoms with Gasteiger partial charge in [0.1, 0.15) is 4.88 Å². The Bertz CT molecular complexity index is 590. The summed E-state index contributed by atoms with van der Waals surface area (Å²) in [6.45, 7) is 2.97. The van der Waals surface area contributed by atoms with Crippen molar-refractivity contribution in [2.24, 2.45) is 0 Å². The van der Waals surface area contributed by atoms with Gasteiger partial charge in [0.25, 0.3) is 0 Å². The summed E-state index contributed by atoms with van der Waals surface area (Å²) in [6, 6.07) is 12.4. The lowest BCUT2D eigenvalue weighted by molar-refractivity contribution is 0.0702. The highest BCUT2D eigenvalue weighted by atomic mass is 35.5. The van der Waals surface area contributed by atoms with E-state index in [2.05, 4.69) is 29.2 Å². The van der Waals surface area contributed by atoms with Crippen molar-refractivity contribution in [1.29, 1.82) is 0 Å². The molecule has 0 spiro atoms. The molecule has 1 aromatic carbocycles. The number of carbonyl (C=O) groups is 1. The van der Waals surface area contributed by atoms with Crippen LogP contribution < -0.4 is 0 Å². The first-order valence-electron chi connectivity index (χ1n) is 6.83. The quantitative estimate of drug-likeness (QED) is 0.903. The predicted molar refractivity (Wildman–Crippen MR) is 94.9 cm³/mol. The number of carboxylic acid groups (broad SMARTS) is 1. The molecule has 1 aromatic heterocycles. The van der Waals surface area contributed by atoms with Gasteiger partial charge in [-0.25, -0.2) is 4.79 Å². The van der Waals surface area contributed by atoms with Crippen LogP contribution >= 0.6 is 36.2 Å². The molecule has 22 heavy (non-hydrogen) atoms. The van der Waals surface area contributed by atoms with Crippen LogP contribution in [0.15, 0.2) is 36.4 Å². The minimum Gasteiger partial charge on any atom is -0.477 e. The fourth-order valence-electron chi connectivity index (χ4n) is 2.64. The third-order valence-corrected chi connectivity index (χ3v) is 4.93. The summed E-state index contributed by atoms with van der Waals surface area (Å²) in [6.07, 6.45) is 1.91. The zero-order valence-corrected chi connectivity index (χ0v) is 14.5. The van der Waals surface area contributed by atoms with Crippen LogP contribution in [0.25, 0.3) is 0 Å². The smallest absolute Gasteiger partial charge is 0.345 e. The number of halogens is 2. The molecule has 0 saturated carbocycles. The Morgan fingerprint density at radius 3 is 2.50 bits per heavy atom. The van der Waals surface area contributed by atoms with Gasteiger partial charge in [0.2, 0.25) is 0 Å². The Morgan fingerprint density at radius 2 is 1.82 bits per heavy atom. The second-order valence-corrected chi connectivity index (χ2v) is 6.26. The van der Waals surface area contributed by atoms with E-state index in [0.29, 0.717) is 4.88 Å². The fourth-order valence-corrected chi connectivity index (χ4v) is 3.68. The molecule has 3 rings (SSSR count). The number of hydrogen-bond donors (Lipinski definition) is 1. The van der Waals surface area contributed by atoms with Crippen LogP contribution in [0, 0.1) is 0 Å². The maximum absolute atomic E-state index is 11.0. The molecule has 0 amide bonds. The van der Waals surface area contributed by atoms with E-state index in [1.54, 1.807) is 0 Å². The van der Waals surface area contributed by atoms with Crippen molar-refractivity contribution < 1.29 is 9.90 Å². The van der Waals surface area contributed by atoms with Crippen molar-refractivity contribution in [3.8, 4) is 0 Å². The molecule has 6 heteroatoms. The first-order chi connectivity index (χ1) is 9.72. The average molecular weight is 360 g/mol. The van der Waals surface area contributed by atoms with Crippen LogP contribution in [0.2, 0.25) is 0 Å². The van der Waals surface area contributed by atoms with Gasteiger partial charge in [-0.05, 0) is 30.0 Å². The summed E-state index contributed by atoms with van der Waals surface area (Å²) < 4.78 is 0. The summed E-state index contributed by atoms with van der Waals surface area (Å²) in [5.41, 5.74) is 2.56. The van der Waals surface area contributed by atoms with E-state index in [-0.39, 0.29) is 24.8 Å². The molecule has 120 valence electrons. The molecule has 1 N–H and O–H groups in total. The Morgan fingerprint density at radius 1 is 1.14 bits per heavy atom. The number of fused-ring (bicyclic) bond motifs is 1. The normalized spacial score (nSPS) is 14.2. The summed E-state index contributed by atoms with van der Waals surface area (Å²) in [5.74, 6) is -0.802. The van der Waals surface area contributed by atoms with Gasteiger partial charge in [0.15, 0.2) is 0 Å². The van der Waals surface area contributed by atoms with Gasteiger partial charge in [-0.2, -0.15) is 0 Å². The summed E-state index contributed by atoms with van der Waals surface area (Å²) in [4.78, 5) is 15.2. The first-order valence-corrected chi connectivity index (χ1v) is 7.65. The number of thiophene rings is 1. The van der Waals surface area contributed by atoms with Gasteiger partial charge >= 0.3 is 5.97 Å². The van der Waals surface area contributed by atoms with Crippen LogP contribution in [-0.2, 0) is 19.4 Å². The van der Waals surface area contributed by atoms with Gasteiger partial charge < -0.3 is 5.11 Å². The van der Waals surface area contributed by atoms with E-state index in [4.69, 9.17) is 5.11 Å². The number of aromatic carboxylic acids is 1. The van der Waals surface area contributed by atoms with Gasteiger partial charge in [-0.15, -0.1) is 36.2 Å². The maximum atomic E-state index is 11.0. The molecule has 1 aliphatic rings. The predicted octanol–water partition coefficient (Wildman–Crippen LogP) is 3.89. The molecular weight excluding hydrogens is 341 g/mol. The number of hydrogen-bond acceptors (Lipinski definition) is 3. The Labute approximate surface area is 146 Å². The topological polar surface area (TPSA) is 40.5 Å². The van der Waals surface area contributed by atoms with E-state index in [1.807, 2.05) is 12.1 Å². The first kappa shape index (κ1) is 19.0. The van der Waals surface area contributed by atoms with Crippen molar-refractivity contribution in [2.45, 2.75) is 19.4 Å². The van der Waals surface area contributed by atoms with E-state index < -0.39 is 5.97 Å². The lowest BCUT2D eigenvalue weighted by atomic mass is 10.1. The highest BCUT2D eigenvalue weighted by Crippen LogP contribution is 2.26. The van der Waals surface area contributed by atoms with Crippen molar-refractivity contribution in [3.63, 3.8) is 0 Å². The molecule has 0 aliphatic carbocycles. The molecular formula is C16H19Cl2NO2S. The maximum Gasteiger partial charge on any atom is 0.345 e. The van der Waals surface area contributed by atoms with Crippen molar-refractivity contribution in [2.75, 3.05) is 13.1 Å². The van der Waals surface area contributed by atoms with Crippen LogP contribution in [-0.4, -0.2) is 29.1 Å². The Kier molecular flexibility index (Phi) is 7.36. The average Bonchev–Trinajstić information content (AvgIpc) is 2.78. The lowest BCUT2D eigenvalue weighted by Crippen LogP contribution is -2.25. The lowest BCUT2D eigenvalue weighted by Gasteiger charge is -2.19. The minimum atomic E-state index is -0.802. The van der Waals surface area contributed by atoms with Gasteiger partial charge in [0, 0.05) is 24.5 Å². The fraction of sp³-hybridized carbons (Fsp3) is 0.312. The number of nitrogens with zero attached hydrogens (tertiary/aromatic N) is 1. The van der Waals surface area contributed by atoms with Crippen molar-refractivity contribution in [3.05, 3.63) is 57.3 Å². The number of rotatable bonds is 3. The highest BCUT2D eigenvalue weighted by molar-refractivity contribution is 7.14. The van der Waals surface area contributed by atoms with Gasteiger partial charge in [0.05, 0.1) is 0 Å². The molecule has 0 atom stereocenters. The molecule has 0 unspecified atom stereocenters. The SMILES string of the molecule is Cl.Cl.O=C(O)c1cc2c(s1)CCN(Cc1ccccc1)CC2. The van der Waals surface area contributed by atoms with Crippen molar-refractivity contribution in [1.82, 2.24) is 4.90 Å². The zero-order valence-electron chi connectivity index (χ0n) is 12.0. The third-order valence-electron chi connectivity index (χ3n) is 3.71. The molecule has 0 radical (unpaired) electrons. The summed E-state index contributed by atoms with van der Waals surface area (Å²) >= 11 is 1.44. The molecule has 2 heterocycles. The summed E-state index contributed by atoms with van der Waals surface area (Å²) in [7, 11) is 0. The Balaban J connectivity index is 0.00000121. The molecule has 0 saturated heterocycles. The zero-order chi connectivity index (χ0) is 13.9. The van der Waals surface area contributed by atoms with Gasteiger partial charge in [-0.3, -0.25) is 4.90 Å². The van der Waals surface area contributed by atoms with E-state index in [9.17, 15) is 4.79 Å². The molecule has 2 aromatic rings. The largest absolute Gasteiger partial charge is 0.477 e. The van der Waals surface area contributed by atoms with Crippen LogP contribution in [0.5, 0.6) is 0 Å². The van der Waals surface area contributed by atoms with E-state index in [1.165, 1.54) is 27.3 Å². The second kappa shape index (κ2) is 8.53. The third kappa shape index (κ3) is 4.46. The molecule has 3 nitrogen and oxygen atoms in total. The molecule has 0 fully saturated rings. The number of benzene rings is 1. The van der Waals surface area contributed by atoms with E-state index >= 15 is 0 Å². The van der Waals surface area contributed by atoms with Crippen LogP contribution in [0.4, 0.5) is 0 Å². The molecule has 1 aliphatic heterocycles. The number of carboxylic acids is 1. The van der Waals surface area contributed by atoms with Crippen LogP contribution in [0.3, 0.4) is 0 Å². The second-order valence-electron chi connectivity index (χ2n) is 5.13. The molecule has 0 bridgehead atoms. The summed E-state index contributed by atoms with van der Waals surface area (Å²) in [5, 5.41) is 9.05. The minimum absolute atomic E-state index is 0. The highest BCUT2D eigenvalue weighted by Gasteiger charge is 2.19. The monoisotopic (exact) mass is 359 g/mol. The Hall–Kier alpha value is -1.07. The van der Waals surface area contributed by atoms with E-state index in [0.717, 1.165) is 32.5 Å².